The quantitative estimate of drug-likeness (QED) is 0.925. The average molecular weight is 347 g/mol. The summed E-state index contributed by atoms with van der Waals surface area (Å²) in [5.41, 5.74) is 0.753. The molecule has 1 N–H and O–H groups in total. The Kier molecular flexibility index (Phi) is 4.54. The zero-order valence-corrected chi connectivity index (χ0v) is 13.5. The molecule has 1 aromatic carbocycles. The van der Waals surface area contributed by atoms with Gasteiger partial charge < -0.3 is 0 Å². The van der Waals surface area contributed by atoms with Crippen molar-refractivity contribution in [1.29, 1.82) is 0 Å². The Morgan fingerprint density at radius 2 is 1.74 bits per heavy atom. The van der Waals surface area contributed by atoms with Gasteiger partial charge in [0.15, 0.2) is 0 Å². The maximum Gasteiger partial charge on any atom is 0.409 e. The zero-order chi connectivity index (χ0) is 17.4. The van der Waals surface area contributed by atoms with Crippen molar-refractivity contribution < 1.29 is 21.6 Å². The van der Waals surface area contributed by atoms with E-state index in [9.17, 15) is 21.6 Å². The Morgan fingerprint density at radius 1 is 1.17 bits per heavy atom. The number of nitrogens with zero attached hydrogens (tertiary/aromatic N) is 2. The van der Waals surface area contributed by atoms with Crippen molar-refractivity contribution in [2.75, 3.05) is 6.26 Å². The number of sulfonamides is 1. The minimum atomic E-state index is -4.77. The van der Waals surface area contributed by atoms with Crippen molar-refractivity contribution in [2.45, 2.75) is 26.1 Å². The first-order valence-electron chi connectivity index (χ1n) is 6.66. The number of aryl methyl sites for hydroxylation is 1. The highest BCUT2D eigenvalue weighted by Crippen LogP contribution is 2.36. The predicted molar refractivity (Wildman–Crippen MR) is 79.8 cm³/mol. The van der Waals surface area contributed by atoms with Crippen LogP contribution in [-0.2, 0) is 10.0 Å². The Balaban J connectivity index is 2.59. The fourth-order valence-corrected chi connectivity index (χ4v) is 3.08. The number of aromatic nitrogens is 2. The molecule has 0 radical (unpaired) electrons. The molecule has 9 heteroatoms. The lowest BCUT2D eigenvalue weighted by atomic mass is 10.1. The smallest absolute Gasteiger partial charge is 0.237 e. The number of benzene rings is 1. The van der Waals surface area contributed by atoms with Crippen LogP contribution in [0.5, 0.6) is 0 Å². The normalized spacial score (nSPS) is 14.0. The molecule has 1 atom stereocenters. The number of halogens is 3. The molecule has 0 saturated carbocycles. The first-order valence-corrected chi connectivity index (χ1v) is 8.55. The van der Waals surface area contributed by atoms with Crippen molar-refractivity contribution >= 4 is 10.0 Å². The molecule has 0 aliphatic heterocycles. The summed E-state index contributed by atoms with van der Waals surface area (Å²) in [6.07, 6.45) is -4.08. The summed E-state index contributed by atoms with van der Waals surface area (Å²) in [5.74, 6) is 0. The van der Waals surface area contributed by atoms with Crippen molar-refractivity contribution in [3.05, 3.63) is 47.3 Å². The molecule has 0 amide bonds. The third-order valence-electron chi connectivity index (χ3n) is 3.30. The Hall–Kier alpha value is -1.87. The molecular weight excluding hydrogens is 331 g/mol. The van der Waals surface area contributed by atoms with Gasteiger partial charge in [0.25, 0.3) is 0 Å². The molecule has 2 rings (SSSR count). The van der Waals surface area contributed by atoms with E-state index in [0.29, 0.717) is 11.9 Å². The summed E-state index contributed by atoms with van der Waals surface area (Å²) in [6.45, 7) is 2.90. The van der Waals surface area contributed by atoms with Crippen molar-refractivity contribution in [2.24, 2.45) is 0 Å². The highest BCUT2D eigenvalue weighted by Gasteiger charge is 2.45. The zero-order valence-electron chi connectivity index (χ0n) is 12.7. The van der Waals surface area contributed by atoms with Crippen LogP contribution in [0, 0.1) is 13.8 Å². The summed E-state index contributed by atoms with van der Waals surface area (Å²) < 4.78 is 65.7. The third kappa shape index (κ3) is 3.91. The summed E-state index contributed by atoms with van der Waals surface area (Å²) in [7, 11) is -4.05. The molecule has 0 spiro atoms. The van der Waals surface area contributed by atoms with Crippen LogP contribution in [0.2, 0.25) is 0 Å². The first-order chi connectivity index (χ1) is 10.5. The van der Waals surface area contributed by atoms with E-state index < -0.39 is 22.2 Å². The van der Waals surface area contributed by atoms with Crippen LogP contribution >= 0.6 is 0 Å². The Morgan fingerprint density at radius 3 is 2.22 bits per heavy atom. The molecule has 0 bridgehead atoms. The van der Waals surface area contributed by atoms with Gasteiger partial charge in [-0.05, 0) is 26.0 Å². The van der Waals surface area contributed by atoms with Gasteiger partial charge >= 0.3 is 6.18 Å². The van der Waals surface area contributed by atoms with E-state index in [1.165, 1.54) is 18.5 Å². The van der Waals surface area contributed by atoms with Crippen molar-refractivity contribution in [3.63, 3.8) is 0 Å². The highest BCUT2D eigenvalue weighted by molar-refractivity contribution is 7.88. The van der Waals surface area contributed by atoms with E-state index in [2.05, 4.69) is 5.10 Å². The molecule has 5 nitrogen and oxygen atoms in total. The van der Waals surface area contributed by atoms with E-state index in [0.717, 1.165) is 0 Å². The van der Waals surface area contributed by atoms with Gasteiger partial charge in [0.05, 0.1) is 17.6 Å². The van der Waals surface area contributed by atoms with E-state index in [-0.39, 0.29) is 17.0 Å². The monoisotopic (exact) mass is 347 g/mol. The SMILES string of the molecule is Cc1nn(-c2ccccc2)c(C)c1[C@H](NS(C)(=O)=O)C(F)(F)F. The largest absolute Gasteiger partial charge is 0.409 e. The van der Waals surface area contributed by atoms with Crippen LogP contribution < -0.4 is 4.72 Å². The van der Waals surface area contributed by atoms with Gasteiger partial charge in [0, 0.05) is 11.3 Å². The molecule has 2 aromatic rings. The van der Waals surface area contributed by atoms with Gasteiger partial charge in [-0.15, -0.1) is 0 Å². The molecule has 126 valence electrons. The summed E-state index contributed by atoms with van der Waals surface area (Å²) in [5, 5.41) is 4.13. The maximum atomic E-state index is 13.3. The Bertz CT molecular complexity index is 799. The van der Waals surface area contributed by atoms with Gasteiger partial charge in [-0.25, -0.2) is 13.1 Å². The molecule has 0 fully saturated rings. The number of nitrogens with one attached hydrogen (secondary N) is 1. The molecule has 0 unspecified atom stereocenters. The lowest BCUT2D eigenvalue weighted by molar-refractivity contribution is -0.153. The summed E-state index contributed by atoms with van der Waals surface area (Å²) in [6, 6.07) is 6.32. The van der Waals surface area contributed by atoms with Gasteiger partial charge in [-0.3, -0.25) is 0 Å². The van der Waals surface area contributed by atoms with Crippen LogP contribution in [0.25, 0.3) is 5.69 Å². The van der Waals surface area contributed by atoms with Gasteiger partial charge in [0.2, 0.25) is 10.0 Å². The molecule has 1 heterocycles. The standard InChI is InChI=1S/C14H16F3N3O2S/c1-9-12(13(14(15,16)17)19-23(3,21)22)10(2)20(18-9)11-7-5-4-6-8-11/h4-8,13,19H,1-3H3/t13-/m0/s1. The summed E-state index contributed by atoms with van der Waals surface area (Å²) in [4.78, 5) is 0. The summed E-state index contributed by atoms with van der Waals surface area (Å²) >= 11 is 0. The second-order valence-corrected chi connectivity index (χ2v) is 6.98. The van der Waals surface area contributed by atoms with Crippen molar-refractivity contribution in [3.8, 4) is 5.69 Å². The van der Waals surface area contributed by atoms with E-state index >= 15 is 0 Å². The van der Waals surface area contributed by atoms with Crippen LogP contribution in [0.1, 0.15) is 23.0 Å². The fraction of sp³-hybridized carbons (Fsp3) is 0.357. The fourth-order valence-electron chi connectivity index (χ4n) is 2.40. The highest BCUT2D eigenvalue weighted by atomic mass is 32.2. The van der Waals surface area contributed by atoms with Crippen LogP contribution in [0.3, 0.4) is 0 Å². The molecule has 0 aliphatic rings. The van der Waals surface area contributed by atoms with E-state index in [1.807, 2.05) is 0 Å². The molecule has 0 aliphatic carbocycles. The second kappa shape index (κ2) is 5.97. The molecule has 0 saturated heterocycles. The van der Waals surface area contributed by atoms with Crippen LogP contribution in [-0.4, -0.2) is 30.6 Å². The van der Waals surface area contributed by atoms with Gasteiger partial charge in [0.1, 0.15) is 6.04 Å². The van der Waals surface area contributed by atoms with E-state index in [4.69, 9.17) is 0 Å². The average Bonchev–Trinajstić information content (AvgIpc) is 2.70. The number of alkyl halides is 3. The molecular formula is C14H16F3N3O2S. The van der Waals surface area contributed by atoms with Crippen LogP contribution in [0.4, 0.5) is 13.2 Å². The molecule has 1 aromatic heterocycles. The van der Waals surface area contributed by atoms with Gasteiger partial charge in [-0.1, -0.05) is 18.2 Å². The van der Waals surface area contributed by atoms with Crippen molar-refractivity contribution in [1.82, 2.24) is 14.5 Å². The third-order valence-corrected chi connectivity index (χ3v) is 3.96. The second-order valence-electron chi connectivity index (χ2n) is 5.20. The maximum absolute atomic E-state index is 13.3. The van der Waals surface area contributed by atoms with E-state index in [1.54, 1.807) is 35.1 Å². The van der Waals surface area contributed by atoms with Gasteiger partial charge in [-0.2, -0.15) is 23.0 Å². The predicted octanol–water partition coefficient (Wildman–Crippen LogP) is 2.64. The lowest BCUT2D eigenvalue weighted by Gasteiger charge is -2.21. The topological polar surface area (TPSA) is 64.0 Å². The Labute approximate surface area is 132 Å². The lowest BCUT2D eigenvalue weighted by Crippen LogP contribution is -2.38. The number of para-hydroxylation sites is 1. The van der Waals surface area contributed by atoms with Crippen LogP contribution in [0.15, 0.2) is 30.3 Å². The first kappa shape index (κ1) is 17.5. The minimum Gasteiger partial charge on any atom is -0.237 e. The number of hydrogen-bond donors (Lipinski definition) is 1. The number of rotatable bonds is 4. The minimum absolute atomic E-state index is 0.116. The molecule has 23 heavy (non-hydrogen) atoms. The number of hydrogen-bond acceptors (Lipinski definition) is 3.